The molecule has 198 valence electrons. The van der Waals surface area contributed by atoms with Gasteiger partial charge in [0.1, 0.15) is 5.82 Å². The maximum absolute atomic E-state index is 14.1. The number of aromatic nitrogens is 2. The number of pyridine rings is 2. The van der Waals surface area contributed by atoms with E-state index in [-0.39, 0.29) is 6.04 Å². The number of nitrogens with zero attached hydrogens (tertiary/aromatic N) is 4. The smallest absolute Gasteiger partial charge is 0.287 e. The van der Waals surface area contributed by atoms with E-state index in [2.05, 4.69) is 44.4 Å². The maximum Gasteiger partial charge on any atom is 0.287 e. The molecule has 0 radical (unpaired) electrons. The van der Waals surface area contributed by atoms with Gasteiger partial charge < -0.3 is 19.5 Å². The molecule has 0 spiro atoms. The molecule has 5 rings (SSSR count). The fourth-order valence-electron chi connectivity index (χ4n) is 5.59. The molecule has 8 heteroatoms. The van der Waals surface area contributed by atoms with Crippen molar-refractivity contribution in [1.82, 2.24) is 14.5 Å². The predicted molar refractivity (Wildman–Crippen MR) is 148 cm³/mol. The monoisotopic (exact) mass is 507 g/mol. The highest BCUT2D eigenvalue weighted by Gasteiger charge is 2.20. The van der Waals surface area contributed by atoms with Crippen LogP contribution in [0.4, 0.5) is 21.6 Å². The average molecular weight is 508 g/mol. The molecule has 37 heavy (non-hydrogen) atoms. The first-order valence-electron chi connectivity index (χ1n) is 13.6. The van der Waals surface area contributed by atoms with E-state index >= 15 is 0 Å². The van der Waals surface area contributed by atoms with Crippen LogP contribution < -0.4 is 15.8 Å². The van der Waals surface area contributed by atoms with Gasteiger partial charge in [-0.15, -0.1) is 0 Å². The Labute approximate surface area is 218 Å². The summed E-state index contributed by atoms with van der Waals surface area (Å²) in [4.78, 5) is 21.8. The molecule has 2 saturated heterocycles. The van der Waals surface area contributed by atoms with Crippen LogP contribution in [0.1, 0.15) is 45.6 Å². The number of benzene rings is 1. The van der Waals surface area contributed by atoms with Gasteiger partial charge in [0.15, 0.2) is 5.82 Å². The first-order valence-corrected chi connectivity index (χ1v) is 13.6. The fourth-order valence-corrected chi connectivity index (χ4v) is 5.59. The van der Waals surface area contributed by atoms with E-state index in [0.717, 1.165) is 51.0 Å². The Kier molecular flexibility index (Phi) is 8.05. The molecule has 2 aliphatic heterocycles. The summed E-state index contributed by atoms with van der Waals surface area (Å²) in [7, 11) is 0. The van der Waals surface area contributed by atoms with Gasteiger partial charge in [0.25, 0.3) is 5.56 Å². The van der Waals surface area contributed by atoms with Crippen molar-refractivity contribution < 1.29 is 9.13 Å². The summed E-state index contributed by atoms with van der Waals surface area (Å²) < 4.78 is 21.0. The van der Waals surface area contributed by atoms with Crippen LogP contribution in [-0.2, 0) is 4.74 Å². The molecule has 1 aromatic carbocycles. The zero-order chi connectivity index (χ0) is 25.8. The molecule has 2 aromatic heterocycles. The second-order valence-electron chi connectivity index (χ2n) is 10.6. The number of halogens is 1. The third-order valence-corrected chi connectivity index (χ3v) is 7.70. The summed E-state index contributed by atoms with van der Waals surface area (Å²) in [6.45, 7) is 11.1. The molecule has 0 unspecified atom stereocenters. The van der Waals surface area contributed by atoms with Crippen LogP contribution in [-0.4, -0.2) is 60.4 Å². The van der Waals surface area contributed by atoms with Crippen molar-refractivity contribution in [3.63, 3.8) is 0 Å². The summed E-state index contributed by atoms with van der Waals surface area (Å²) >= 11 is 0. The van der Waals surface area contributed by atoms with Crippen LogP contribution in [0.5, 0.6) is 0 Å². The van der Waals surface area contributed by atoms with Gasteiger partial charge in [-0.05, 0) is 82.3 Å². The number of piperidine rings is 1. The topological polar surface area (TPSA) is 62.6 Å². The molecule has 0 saturated carbocycles. The summed E-state index contributed by atoms with van der Waals surface area (Å²) in [5.74, 6) is 0.698. The molecule has 0 amide bonds. The van der Waals surface area contributed by atoms with Crippen LogP contribution >= 0.6 is 0 Å². The Hall–Kier alpha value is -2.97. The molecule has 2 fully saturated rings. The molecule has 0 aliphatic carbocycles. The predicted octanol–water partition coefficient (Wildman–Crippen LogP) is 5.19. The first kappa shape index (κ1) is 25.7. The molecule has 0 bridgehead atoms. The molecular formula is C29H38FN5O2. The van der Waals surface area contributed by atoms with E-state index in [9.17, 15) is 9.18 Å². The number of hydrogen-bond acceptors (Lipinski definition) is 6. The van der Waals surface area contributed by atoms with E-state index in [4.69, 9.17) is 4.74 Å². The third kappa shape index (κ3) is 6.13. The van der Waals surface area contributed by atoms with E-state index in [1.54, 1.807) is 6.20 Å². The Morgan fingerprint density at radius 1 is 1.08 bits per heavy atom. The second kappa shape index (κ2) is 11.6. The van der Waals surface area contributed by atoms with Crippen molar-refractivity contribution in [1.29, 1.82) is 0 Å². The van der Waals surface area contributed by atoms with Gasteiger partial charge in [-0.2, -0.15) is 0 Å². The molecule has 1 N–H and O–H groups in total. The lowest BCUT2D eigenvalue weighted by Crippen LogP contribution is -2.37. The standard InChI is InChI=1S/C29H38FN5O2/c1-21(2)35-27-19-28(31-20-23(27)18-26(30)29(35)36)32-24-5-7-25(8-6-24)34-12-9-22(10-13-34)4-3-11-33-14-16-37-17-15-33/h5-8,18-22H,3-4,9-17H2,1-2H3,(H,31,32). The van der Waals surface area contributed by atoms with Crippen molar-refractivity contribution >= 4 is 28.1 Å². The summed E-state index contributed by atoms with van der Waals surface area (Å²) in [5, 5.41) is 3.94. The average Bonchev–Trinajstić information content (AvgIpc) is 2.91. The minimum absolute atomic E-state index is 0.158. The quantitative estimate of drug-likeness (QED) is 0.453. The van der Waals surface area contributed by atoms with Crippen molar-refractivity contribution in [3.05, 3.63) is 58.8 Å². The molecule has 7 nitrogen and oxygen atoms in total. The number of rotatable bonds is 8. The van der Waals surface area contributed by atoms with Crippen molar-refractivity contribution in [3.8, 4) is 0 Å². The number of hydrogen-bond donors (Lipinski definition) is 1. The van der Waals surface area contributed by atoms with Gasteiger partial charge in [0.2, 0.25) is 0 Å². The first-order chi connectivity index (χ1) is 18.0. The summed E-state index contributed by atoms with van der Waals surface area (Å²) in [5.41, 5.74) is 2.23. The fraction of sp³-hybridized carbons (Fsp3) is 0.517. The lowest BCUT2D eigenvalue weighted by atomic mass is 9.92. The molecule has 4 heterocycles. The highest BCUT2D eigenvalue weighted by molar-refractivity contribution is 5.81. The van der Waals surface area contributed by atoms with Gasteiger partial charge in [-0.3, -0.25) is 9.69 Å². The summed E-state index contributed by atoms with van der Waals surface area (Å²) in [6, 6.07) is 11.4. The Balaban J connectivity index is 1.16. The zero-order valence-electron chi connectivity index (χ0n) is 22.0. The zero-order valence-corrected chi connectivity index (χ0v) is 22.0. The molecular weight excluding hydrogens is 469 g/mol. The number of morpholine rings is 1. The van der Waals surface area contributed by atoms with Crippen LogP contribution in [0.25, 0.3) is 10.9 Å². The largest absolute Gasteiger partial charge is 0.379 e. The third-order valence-electron chi connectivity index (χ3n) is 7.70. The Morgan fingerprint density at radius 3 is 2.51 bits per heavy atom. The minimum atomic E-state index is -0.753. The maximum atomic E-state index is 14.1. The van der Waals surface area contributed by atoms with E-state index in [0.29, 0.717) is 16.7 Å². The van der Waals surface area contributed by atoms with Gasteiger partial charge in [-0.25, -0.2) is 9.37 Å². The van der Waals surface area contributed by atoms with Crippen LogP contribution in [0, 0.1) is 11.7 Å². The van der Waals surface area contributed by atoms with E-state index in [1.807, 2.05) is 19.9 Å². The molecule has 2 aliphatic rings. The normalized spacial score (nSPS) is 17.6. The van der Waals surface area contributed by atoms with Crippen molar-refractivity contribution in [2.75, 3.05) is 56.2 Å². The SMILES string of the molecule is CC(C)n1c(=O)c(F)cc2cnc(Nc3ccc(N4CCC(CCCN5CCOCC5)CC4)cc3)cc21. The lowest BCUT2D eigenvalue weighted by Gasteiger charge is -2.34. The second-order valence-corrected chi connectivity index (χ2v) is 10.6. The number of anilines is 3. The molecule has 0 atom stereocenters. The Bertz CT molecular complexity index is 1250. The van der Waals surface area contributed by atoms with Gasteiger partial charge in [-0.1, -0.05) is 0 Å². The number of fused-ring (bicyclic) bond motifs is 1. The number of nitrogens with one attached hydrogen (secondary N) is 1. The van der Waals surface area contributed by atoms with Gasteiger partial charge in [0, 0.05) is 61.2 Å². The van der Waals surface area contributed by atoms with Crippen LogP contribution in [0.15, 0.2) is 47.4 Å². The van der Waals surface area contributed by atoms with Gasteiger partial charge in [0.05, 0.1) is 18.7 Å². The highest BCUT2D eigenvalue weighted by Crippen LogP contribution is 2.28. The van der Waals surface area contributed by atoms with Gasteiger partial charge >= 0.3 is 0 Å². The molecule has 3 aromatic rings. The van der Waals surface area contributed by atoms with E-state index in [1.165, 1.54) is 48.5 Å². The van der Waals surface area contributed by atoms with Crippen LogP contribution in [0.2, 0.25) is 0 Å². The van der Waals surface area contributed by atoms with E-state index < -0.39 is 11.4 Å². The summed E-state index contributed by atoms with van der Waals surface area (Å²) in [6.07, 6.45) is 6.73. The number of ether oxygens (including phenoxy) is 1. The Morgan fingerprint density at radius 2 is 1.81 bits per heavy atom. The lowest BCUT2D eigenvalue weighted by molar-refractivity contribution is 0.0365. The van der Waals surface area contributed by atoms with Crippen molar-refractivity contribution in [2.45, 2.75) is 45.6 Å². The van der Waals surface area contributed by atoms with Crippen molar-refractivity contribution in [2.24, 2.45) is 5.92 Å². The van der Waals surface area contributed by atoms with Crippen LogP contribution in [0.3, 0.4) is 0 Å². The highest BCUT2D eigenvalue weighted by atomic mass is 19.1. The minimum Gasteiger partial charge on any atom is -0.379 e.